The average Bonchev–Trinajstić information content (AvgIpc) is 2.97. The fraction of sp³-hybridized carbons (Fsp3) is 0.190. The second kappa shape index (κ2) is 8.83. The number of hydrogen-bond acceptors (Lipinski definition) is 6. The summed E-state index contributed by atoms with van der Waals surface area (Å²) in [6.45, 7) is 1.58. The van der Waals surface area contributed by atoms with Crippen LogP contribution in [0.1, 0.15) is 11.1 Å². The Morgan fingerprint density at radius 1 is 1.10 bits per heavy atom. The number of hydrogen-bond donors (Lipinski definition) is 1. The van der Waals surface area contributed by atoms with E-state index in [9.17, 15) is 14.4 Å². The van der Waals surface area contributed by atoms with E-state index in [1.54, 1.807) is 36.4 Å². The predicted octanol–water partition coefficient (Wildman–Crippen LogP) is 3.69. The Morgan fingerprint density at radius 2 is 1.83 bits per heavy atom. The van der Waals surface area contributed by atoms with Crippen molar-refractivity contribution in [2.45, 2.75) is 6.92 Å². The van der Waals surface area contributed by atoms with Crippen LogP contribution in [0.3, 0.4) is 0 Å². The molecule has 3 rings (SSSR count). The Morgan fingerprint density at radius 3 is 2.48 bits per heavy atom. The maximum Gasteiger partial charge on any atom is 0.294 e. The van der Waals surface area contributed by atoms with Crippen LogP contribution in [0, 0.1) is 6.92 Å². The van der Waals surface area contributed by atoms with Gasteiger partial charge in [-0.3, -0.25) is 19.3 Å². The molecular formula is C21H20N2O5S. The first kappa shape index (κ1) is 20.5. The summed E-state index contributed by atoms with van der Waals surface area (Å²) in [5, 5.41) is 2.19. The van der Waals surface area contributed by atoms with Gasteiger partial charge in [-0.25, -0.2) is 0 Å². The summed E-state index contributed by atoms with van der Waals surface area (Å²) in [5.41, 5.74) is 2.26. The van der Waals surface area contributed by atoms with Crippen LogP contribution in [-0.2, 0) is 9.59 Å². The van der Waals surface area contributed by atoms with Crippen LogP contribution in [0.25, 0.3) is 6.08 Å². The summed E-state index contributed by atoms with van der Waals surface area (Å²) in [4.78, 5) is 38.4. The van der Waals surface area contributed by atoms with Crippen molar-refractivity contribution in [3.63, 3.8) is 0 Å². The van der Waals surface area contributed by atoms with E-state index in [4.69, 9.17) is 9.47 Å². The summed E-state index contributed by atoms with van der Waals surface area (Å²) < 4.78 is 10.5. The smallest absolute Gasteiger partial charge is 0.294 e. The first-order chi connectivity index (χ1) is 13.9. The molecule has 0 aliphatic carbocycles. The minimum atomic E-state index is -0.524. The zero-order chi connectivity index (χ0) is 21.0. The maximum atomic E-state index is 12.7. The van der Waals surface area contributed by atoms with Crippen LogP contribution >= 0.6 is 11.8 Å². The van der Waals surface area contributed by atoms with Gasteiger partial charge >= 0.3 is 0 Å². The molecule has 1 aliphatic rings. The number of carbonyl (C=O) groups excluding carboxylic acids is 3. The van der Waals surface area contributed by atoms with E-state index in [0.717, 1.165) is 22.2 Å². The molecule has 1 aliphatic heterocycles. The fourth-order valence-corrected chi connectivity index (χ4v) is 3.54. The van der Waals surface area contributed by atoms with Gasteiger partial charge in [0.15, 0.2) is 0 Å². The normalized spacial score (nSPS) is 15.0. The van der Waals surface area contributed by atoms with Gasteiger partial charge in [-0.1, -0.05) is 17.7 Å². The number of imide groups is 1. The lowest BCUT2D eigenvalue weighted by atomic mass is 10.1. The number of anilines is 1. The number of ether oxygens (including phenoxy) is 2. The van der Waals surface area contributed by atoms with Gasteiger partial charge in [-0.15, -0.1) is 0 Å². The number of methoxy groups -OCH3 is 2. The quantitative estimate of drug-likeness (QED) is 0.729. The van der Waals surface area contributed by atoms with Gasteiger partial charge in [-0.2, -0.15) is 0 Å². The predicted molar refractivity (Wildman–Crippen MR) is 112 cm³/mol. The van der Waals surface area contributed by atoms with E-state index in [2.05, 4.69) is 5.32 Å². The molecule has 0 radical (unpaired) electrons. The van der Waals surface area contributed by atoms with Gasteiger partial charge in [0.1, 0.15) is 18.0 Å². The van der Waals surface area contributed by atoms with Crippen LogP contribution in [0.5, 0.6) is 11.5 Å². The Labute approximate surface area is 172 Å². The molecule has 1 heterocycles. The van der Waals surface area contributed by atoms with Crippen molar-refractivity contribution >= 4 is 40.6 Å². The van der Waals surface area contributed by atoms with Crippen molar-refractivity contribution in [3.05, 3.63) is 58.5 Å². The van der Waals surface area contributed by atoms with Crippen molar-refractivity contribution in [3.8, 4) is 11.5 Å². The molecule has 0 saturated carbocycles. The van der Waals surface area contributed by atoms with Crippen molar-refractivity contribution in [2.75, 3.05) is 26.1 Å². The molecule has 0 bridgehead atoms. The standard InChI is InChI=1S/C21H20N2O5S/c1-13-4-6-15(7-5-13)22-19(24)12-23-20(25)18(29-21(23)26)11-14-10-16(27-2)8-9-17(14)28-3/h4-11H,12H2,1-3H3,(H,22,24). The zero-order valence-corrected chi connectivity index (χ0v) is 17.0. The molecule has 2 aromatic rings. The molecule has 7 nitrogen and oxygen atoms in total. The Kier molecular flexibility index (Phi) is 6.23. The molecule has 3 amide bonds. The highest BCUT2D eigenvalue weighted by Crippen LogP contribution is 2.35. The van der Waals surface area contributed by atoms with Crippen LogP contribution in [-0.4, -0.2) is 42.7 Å². The molecular weight excluding hydrogens is 392 g/mol. The molecule has 8 heteroatoms. The van der Waals surface area contributed by atoms with E-state index in [0.29, 0.717) is 22.7 Å². The average molecular weight is 412 g/mol. The van der Waals surface area contributed by atoms with Gasteiger partial charge < -0.3 is 14.8 Å². The monoisotopic (exact) mass is 412 g/mol. The molecule has 0 spiro atoms. The molecule has 0 aromatic heterocycles. The number of thioether (sulfide) groups is 1. The minimum absolute atomic E-state index is 0.213. The van der Waals surface area contributed by atoms with E-state index in [-0.39, 0.29) is 11.4 Å². The number of carbonyl (C=O) groups is 3. The molecule has 150 valence electrons. The van der Waals surface area contributed by atoms with Crippen molar-refractivity contribution in [1.82, 2.24) is 4.90 Å². The van der Waals surface area contributed by atoms with Gasteiger partial charge in [0, 0.05) is 11.3 Å². The summed E-state index contributed by atoms with van der Waals surface area (Å²) in [6.07, 6.45) is 1.56. The van der Waals surface area contributed by atoms with E-state index in [1.165, 1.54) is 14.2 Å². The number of rotatable bonds is 6. The number of aryl methyl sites for hydroxylation is 1. The van der Waals surface area contributed by atoms with Crippen LogP contribution in [0.15, 0.2) is 47.4 Å². The third-order valence-corrected chi connectivity index (χ3v) is 5.14. The van der Waals surface area contributed by atoms with Crippen molar-refractivity contribution in [1.29, 1.82) is 0 Å². The van der Waals surface area contributed by atoms with Crippen LogP contribution in [0.4, 0.5) is 10.5 Å². The molecule has 1 saturated heterocycles. The Hall–Kier alpha value is -3.26. The number of nitrogens with one attached hydrogen (secondary N) is 1. The highest BCUT2D eigenvalue weighted by molar-refractivity contribution is 8.18. The third-order valence-electron chi connectivity index (χ3n) is 4.23. The molecule has 1 fully saturated rings. The minimum Gasteiger partial charge on any atom is -0.497 e. The number of amides is 3. The second-order valence-electron chi connectivity index (χ2n) is 6.29. The van der Waals surface area contributed by atoms with Gasteiger partial charge in [0.25, 0.3) is 11.1 Å². The van der Waals surface area contributed by atoms with Gasteiger partial charge in [0.05, 0.1) is 19.1 Å². The van der Waals surface area contributed by atoms with E-state index < -0.39 is 17.1 Å². The summed E-state index contributed by atoms with van der Waals surface area (Å²) in [6, 6.07) is 12.4. The Bertz CT molecular complexity index is 985. The van der Waals surface area contributed by atoms with Crippen LogP contribution < -0.4 is 14.8 Å². The number of benzene rings is 2. The lowest BCUT2D eigenvalue weighted by Crippen LogP contribution is -2.36. The van der Waals surface area contributed by atoms with E-state index >= 15 is 0 Å². The van der Waals surface area contributed by atoms with Crippen LogP contribution in [0.2, 0.25) is 0 Å². The summed E-state index contributed by atoms with van der Waals surface area (Å²) in [5.74, 6) is 0.156. The highest BCUT2D eigenvalue weighted by Gasteiger charge is 2.36. The summed E-state index contributed by atoms with van der Waals surface area (Å²) in [7, 11) is 3.05. The Balaban J connectivity index is 1.75. The molecule has 0 unspecified atom stereocenters. The molecule has 1 N–H and O–H groups in total. The molecule has 29 heavy (non-hydrogen) atoms. The first-order valence-corrected chi connectivity index (χ1v) is 9.57. The lowest BCUT2D eigenvalue weighted by Gasteiger charge is -2.12. The number of nitrogens with zero attached hydrogens (tertiary/aromatic N) is 1. The third kappa shape index (κ3) is 4.78. The lowest BCUT2D eigenvalue weighted by molar-refractivity contribution is -0.127. The molecule has 2 aromatic carbocycles. The summed E-state index contributed by atoms with van der Waals surface area (Å²) >= 11 is 0.782. The SMILES string of the molecule is COc1ccc(OC)c(C=C2SC(=O)N(CC(=O)Nc3ccc(C)cc3)C2=O)c1. The second-order valence-corrected chi connectivity index (χ2v) is 7.28. The maximum absolute atomic E-state index is 12.7. The van der Waals surface area contributed by atoms with Gasteiger partial charge in [0.2, 0.25) is 5.91 Å². The molecule has 0 atom stereocenters. The largest absolute Gasteiger partial charge is 0.497 e. The van der Waals surface area contributed by atoms with Crippen molar-refractivity contribution < 1.29 is 23.9 Å². The van der Waals surface area contributed by atoms with Gasteiger partial charge in [-0.05, 0) is 55.1 Å². The fourth-order valence-electron chi connectivity index (χ4n) is 2.71. The zero-order valence-electron chi connectivity index (χ0n) is 16.2. The highest BCUT2D eigenvalue weighted by atomic mass is 32.2. The first-order valence-electron chi connectivity index (χ1n) is 8.75. The van der Waals surface area contributed by atoms with E-state index in [1.807, 2.05) is 19.1 Å². The van der Waals surface area contributed by atoms with Crippen molar-refractivity contribution in [2.24, 2.45) is 0 Å². The topological polar surface area (TPSA) is 84.9 Å².